The van der Waals surface area contributed by atoms with Crippen LogP contribution < -0.4 is 10.6 Å². The summed E-state index contributed by atoms with van der Waals surface area (Å²) in [5.41, 5.74) is 4.99. The van der Waals surface area contributed by atoms with Crippen LogP contribution in [0.1, 0.15) is 0 Å². The van der Waals surface area contributed by atoms with E-state index in [-0.39, 0.29) is 20.4 Å². The normalized spacial score (nSPS) is 7.00. The van der Waals surface area contributed by atoms with Crippen LogP contribution in [0.2, 0.25) is 0 Å². The minimum absolute atomic E-state index is 0. The van der Waals surface area contributed by atoms with Crippen molar-refractivity contribution < 1.29 is 20.4 Å². The van der Waals surface area contributed by atoms with Crippen molar-refractivity contribution in [3.05, 3.63) is 0 Å². The van der Waals surface area contributed by atoms with E-state index >= 15 is 0 Å². The van der Waals surface area contributed by atoms with Gasteiger partial charge in [-0.1, -0.05) is 0 Å². The summed E-state index contributed by atoms with van der Waals surface area (Å²) in [5, 5.41) is 0. The van der Waals surface area contributed by atoms with Gasteiger partial charge in [0.2, 0.25) is 0 Å². The van der Waals surface area contributed by atoms with Crippen LogP contribution >= 0.6 is 11.8 Å². The zero-order valence-corrected chi connectivity index (χ0v) is 5.50. The first-order chi connectivity index (χ1) is 2.41. The first-order valence-corrected chi connectivity index (χ1v) is 1.83. The van der Waals surface area contributed by atoms with Gasteiger partial charge in [0.1, 0.15) is 0 Å². The number of rotatable bonds is 2. The van der Waals surface area contributed by atoms with Crippen LogP contribution in [0.5, 0.6) is 0 Å². The average molecular weight is 201 g/mol. The zero-order valence-electron chi connectivity index (χ0n) is 3.19. The third-order valence-corrected chi connectivity index (χ3v) is 0.428. The summed E-state index contributed by atoms with van der Waals surface area (Å²) in [6.07, 6.45) is 0. The van der Waals surface area contributed by atoms with E-state index in [2.05, 4.69) is 4.84 Å². The predicted octanol–water partition coefficient (Wildman–Crippen LogP) is -0.314. The Balaban J connectivity index is 0. The van der Waals surface area contributed by atoms with Crippen molar-refractivity contribution in [2.45, 2.75) is 0 Å². The van der Waals surface area contributed by atoms with Gasteiger partial charge in [0.15, 0.2) is 0 Å². The summed E-state index contributed by atoms with van der Waals surface area (Å²) >= 11 is 4.97. The molecule has 0 aromatic heterocycles. The maximum Gasteiger partial charge on any atom is 0.0231 e. The second kappa shape index (κ2) is 9.30. The van der Waals surface area contributed by atoms with Crippen molar-refractivity contribution >= 4 is 11.8 Å². The fourth-order valence-electron chi connectivity index (χ4n) is 0.0546. The van der Waals surface area contributed by atoms with E-state index in [9.17, 15) is 0 Å². The summed E-state index contributed by atoms with van der Waals surface area (Å²) in [7, 11) is 0. The Morgan fingerprint density at radius 3 is 2.17 bits per heavy atom. The molecule has 42 valence electrons. The molecule has 0 saturated carbocycles. The Hall–Kier alpha value is 0.872. The minimum Gasteiger partial charge on any atom is -0.329 e. The molecular weight excluding hydrogens is 194 g/mol. The number of nitrogens with two attached hydrogens (primary N) is 1. The predicted molar refractivity (Wildman–Crippen MR) is 22.9 cm³/mol. The van der Waals surface area contributed by atoms with Gasteiger partial charge in [-0.2, -0.15) is 0 Å². The van der Waals surface area contributed by atoms with Crippen molar-refractivity contribution in [1.29, 1.82) is 0 Å². The van der Waals surface area contributed by atoms with Gasteiger partial charge < -0.3 is 5.73 Å². The Morgan fingerprint density at radius 1 is 1.67 bits per heavy atom. The summed E-state index contributed by atoms with van der Waals surface area (Å²) in [5.74, 6) is 0. The van der Waals surface area contributed by atoms with Crippen LogP contribution in [0.15, 0.2) is 0 Å². The van der Waals surface area contributed by atoms with Gasteiger partial charge in [0.25, 0.3) is 0 Å². The maximum absolute atomic E-state index is 4.99. The van der Waals surface area contributed by atoms with E-state index < -0.39 is 0 Å². The Labute approximate surface area is 56.2 Å². The molecule has 0 aliphatic carbocycles. The standard InChI is InChI=1S/C2H7ClN2.Pd/c3-5-2-1-4;/h5H,1-2,4H2;. The topological polar surface area (TPSA) is 38.0 Å². The van der Waals surface area contributed by atoms with Crippen molar-refractivity contribution in [1.82, 2.24) is 4.84 Å². The third kappa shape index (κ3) is 8.86. The summed E-state index contributed by atoms with van der Waals surface area (Å²) < 4.78 is 0. The van der Waals surface area contributed by atoms with E-state index in [1.807, 2.05) is 0 Å². The molecule has 0 aliphatic rings. The summed E-state index contributed by atoms with van der Waals surface area (Å²) in [6, 6.07) is 0. The first kappa shape index (κ1) is 9.98. The van der Waals surface area contributed by atoms with E-state index in [1.54, 1.807) is 0 Å². The van der Waals surface area contributed by atoms with Crippen LogP contribution in [0.3, 0.4) is 0 Å². The quantitative estimate of drug-likeness (QED) is 0.474. The third-order valence-electron chi connectivity index (χ3n) is 0.239. The molecule has 0 aromatic rings. The number of hydrogen-bond acceptors (Lipinski definition) is 2. The van der Waals surface area contributed by atoms with Crippen LogP contribution in [-0.4, -0.2) is 13.1 Å². The van der Waals surface area contributed by atoms with Crippen molar-refractivity contribution in [3.63, 3.8) is 0 Å². The average Bonchev–Trinajstić information content (AvgIpc) is 1.41. The molecule has 2 nitrogen and oxygen atoms in total. The molecule has 0 aromatic carbocycles. The molecular formula is C2H7ClN2Pd. The minimum atomic E-state index is 0. The zero-order chi connectivity index (χ0) is 4.12. The molecule has 0 radical (unpaired) electrons. The van der Waals surface area contributed by atoms with Crippen molar-refractivity contribution in [3.8, 4) is 0 Å². The fourth-order valence-corrected chi connectivity index (χ4v) is 0.164. The molecule has 0 amide bonds. The van der Waals surface area contributed by atoms with Gasteiger partial charge >= 0.3 is 0 Å². The Bertz CT molecular complexity index is 19.0. The van der Waals surface area contributed by atoms with E-state index in [0.717, 1.165) is 0 Å². The molecule has 0 aliphatic heterocycles. The smallest absolute Gasteiger partial charge is 0.0231 e. The monoisotopic (exact) mass is 200 g/mol. The SMILES string of the molecule is NCCNCl.[Pd]. The van der Waals surface area contributed by atoms with Crippen LogP contribution in [0.25, 0.3) is 0 Å². The molecule has 4 heteroatoms. The van der Waals surface area contributed by atoms with Gasteiger partial charge in [0, 0.05) is 33.5 Å². The van der Waals surface area contributed by atoms with Crippen LogP contribution in [0, 0.1) is 0 Å². The van der Waals surface area contributed by atoms with Crippen LogP contribution in [-0.2, 0) is 20.4 Å². The molecule has 0 spiro atoms. The Morgan fingerprint density at radius 2 is 2.17 bits per heavy atom. The van der Waals surface area contributed by atoms with Gasteiger partial charge in [-0.3, -0.25) is 0 Å². The molecule has 0 bridgehead atoms. The molecule has 0 unspecified atom stereocenters. The second-order valence-corrected chi connectivity index (χ2v) is 0.940. The summed E-state index contributed by atoms with van der Waals surface area (Å²) in [6.45, 7) is 1.28. The molecule has 0 atom stereocenters. The molecule has 0 rings (SSSR count). The van der Waals surface area contributed by atoms with Gasteiger partial charge in [0.05, 0.1) is 0 Å². The van der Waals surface area contributed by atoms with Gasteiger partial charge in [-0.25, -0.2) is 4.84 Å². The molecule has 0 fully saturated rings. The van der Waals surface area contributed by atoms with Gasteiger partial charge in [-0.15, -0.1) is 0 Å². The van der Waals surface area contributed by atoms with Crippen LogP contribution in [0.4, 0.5) is 0 Å². The first-order valence-electron chi connectivity index (χ1n) is 1.45. The van der Waals surface area contributed by atoms with E-state index in [0.29, 0.717) is 13.1 Å². The molecule has 3 N–H and O–H groups in total. The fraction of sp³-hybridized carbons (Fsp3) is 1.00. The molecule has 6 heavy (non-hydrogen) atoms. The summed E-state index contributed by atoms with van der Waals surface area (Å²) in [4.78, 5) is 2.36. The largest absolute Gasteiger partial charge is 0.329 e. The van der Waals surface area contributed by atoms with Gasteiger partial charge in [-0.05, 0) is 11.8 Å². The molecule has 0 heterocycles. The second-order valence-electron chi connectivity index (χ2n) is 0.672. The number of nitrogens with one attached hydrogen (secondary N) is 1. The maximum atomic E-state index is 4.99. The Kier molecular flexibility index (Phi) is 15.5. The number of halogens is 1. The van der Waals surface area contributed by atoms with Crippen molar-refractivity contribution in [2.24, 2.45) is 5.73 Å². The van der Waals surface area contributed by atoms with Crippen molar-refractivity contribution in [2.75, 3.05) is 13.1 Å². The number of hydrogen-bond donors (Lipinski definition) is 2. The molecule has 0 saturated heterocycles. The van der Waals surface area contributed by atoms with E-state index in [1.165, 1.54) is 0 Å². The van der Waals surface area contributed by atoms with E-state index in [4.69, 9.17) is 17.5 Å².